The fourth-order valence-corrected chi connectivity index (χ4v) is 3.09. The van der Waals surface area contributed by atoms with Gasteiger partial charge >= 0.3 is 0 Å². The lowest BCUT2D eigenvalue weighted by molar-refractivity contribution is 0.0624. The number of hydrogen-bond donors (Lipinski definition) is 1. The molecule has 1 N–H and O–H groups in total. The molecule has 4 nitrogen and oxygen atoms in total. The molecule has 0 radical (unpaired) electrons. The van der Waals surface area contributed by atoms with Gasteiger partial charge in [-0.1, -0.05) is 0 Å². The maximum absolute atomic E-state index is 5.52. The van der Waals surface area contributed by atoms with E-state index in [0.717, 1.165) is 25.8 Å². The van der Waals surface area contributed by atoms with E-state index in [1.165, 1.54) is 32.4 Å². The van der Waals surface area contributed by atoms with Crippen LogP contribution in [0.1, 0.15) is 26.2 Å². The van der Waals surface area contributed by atoms with Crippen molar-refractivity contribution in [2.45, 2.75) is 44.3 Å². The lowest BCUT2D eigenvalue weighted by Gasteiger charge is -2.33. The summed E-state index contributed by atoms with van der Waals surface area (Å²) in [5, 5.41) is 3.55. The molecule has 0 aliphatic carbocycles. The minimum Gasteiger partial charge on any atom is -0.379 e. The van der Waals surface area contributed by atoms with Crippen molar-refractivity contribution in [3.05, 3.63) is 0 Å². The Morgan fingerprint density at radius 1 is 1.50 bits per heavy atom. The Hall–Kier alpha value is -0.160. The normalized spacial score (nSPS) is 32.0. The zero-order chi connectivity index (χ0) is 13.0. The Balaban J connectivity index is 1.71. The van der Waals surface area contributed by atoms with Crippen LogP contribution in [-0.4, -0.2) is 74.9 Å². The second-order valence-corrected chi connectivity index (χ2v) is 6.03. The van der Waals surface area contributed by atoms with Crippen LogP contribution in [0.25, 0.3) is 0 Å². The van der Waals surface area contributed by atoms with Crippen molar-refractivity contribution in [1.82, 2.24) is 15.1 Å². The van der Waals surface area contributed by atoms with Crippen LogP contribution in [0.5, 0.6) is 0 Å². The van der Waals surface area contributed by atoms with E-state index >= 15 is 0 Å². The van der Waals surface area contributed by atoms with E-state index in [1.54, 1.807) is 0 Å². The average Bonchev–Trinajstić information content (AvgIpc) is 2.76. The van der Waals surface area contributed by atoms with Crippen LogP contribution in [0.2, 0.25) is 0 Å². The smallest absolute Gasteiger partial charge is 0.0620 e. The first-order valence-corrected chi connectivity index (χ1v) is 7.38. The van der Waals surface area contributed by atoms with E-state index in [1.807, 2.05) is 0 Å². The number of ether oxygens (including phenoxy) is 1. The maximum Gasteiger partial charge on any atom is 0.0620 e. The summed E-state index contributed by atoms with van der Waals surface area (Å²) in [5.74, 6) is 0. The Bertz CT molecular complexity index is 243. The van der Waals surface area contributed by atoms with Gasteiger partial charge in [-0.2, -0.15) is 0 Å². The molecule has 2 heterocycles. The highest BCUT2D eigenvalue weighted by Crippen LogP contribution is 2.17. The highest BCUT2D eigenvalue weighted by atomic mass is 16.5. The summed E-state index contributed by atoms with van der Waals surface area (Å²) in [5.41, 5.74) is 0. The number of hydrogen-bond acceptors (Lipinski definition) is 4. The second kappa shape index (κ2) is 6.85. The van der Waals surface area contributed by atoms with Gasteiger partial charge < -0.3 is 19.9 Å². The molecule has 106 valence electrons. The molecule has 2 aliphatic rings. The van der Waals surface area contributed by atoms with E-state index in [2.05, 4.69) is 36.1 Å². The molecule has 2 saturated heterocycles. The lowest BCUT2D eigenvalue weighted by Crippen LogP contribution is -2.47. The molecule has 0 spiro atoms. The van der Waals surface area contributed by atoms with Crippen LogP contribution in [0.4, 0.5) is 0 Å². The summed E-state index contributed by atoms with van der Waals surface area (Å²) < 4.78 is 5.52. The van der Waals surface area contributed by atoms with E-state index in [9.17, 15) is 0 Å². The Morgan fingerprint density at radius 2 is 2.33 bits per heavy atom. The largest absolute Gasteiger partial charge is 0.379 e. The molecular weight excluding hydrogens is 226 g/mol. The van der Waals surface area contributed by atoms with Crippen molar-refractivity contribution < 1.29 is 4.74 Å². The molecule has 2 fully saturated rings. The van der Waals surface area contributed by atoms with Crippen molar-refractivity contribution in [3.63, 3.8) is 0 Å². The predicted octanol–water partition coefficient (Wildman–Crippen LogP) is 0.779. The average molecular weight is 255 g/mol. The maximum atomic E-state index is 5.52. The third-order valence-corrected chi connectivity index (χ3v) is 4.55. The van der Waals surface area contributed by atoms with Gasteiger partial charge in [0.2, 0.25) is 0 Å². The quantitative estimate of drug-likeness (QED) is 0.786. The second-order valence-electron chi connectivity index (χ2n) is 6.03. The standard InChI is InChI=1S/C14H29N3O/c1-12(9-13-11-18-8-6-15-13)17(3)10-14-5-4-7-16(14)2/h12-15H,4-11H2,1-3H3. The molecule has 3 atom stereocenters. The predicted molar refractivity (Wildman–Crippen MR) is 75.0 cm³/mol. The molecule has 18 heavy (non-hydrogen) atoms. The molecule has 0 amide bonds. The molecule has 0 saturated carbocycles. The molecule has 0 aromatic rings. The zero-order valence-corrected chi connectivity index (χ0v) is 12.2. The van der Waals surface area contributed by atoms with Crippen LogP contribution in [-0.2, 0) is 4.74 Å². The number of likely N-dealkylation sites (N-methyl/N-ethyl adjacent to an activating group) is 2. The van der Waals surface area contributed by atoms with E-state index in [0.29, 0.717) is 12.1 Å². The first kappa shape index (κ1) is 14.3. The summed E-state index contributed by atoms with van der Waals surface area (Å²) in [6, 6.07) is 1.92. The van der Waals surface area contributed by atoms with Gasteiger partial charge in [0.15, 0.2) is 0 Å². The van der Waals surface area contributed by atoms with E-state index < -0.39 is 0 Å². The SMILES string of the molecule is CC(CC1COCCN1)N(C)CC1CCCN1C. The molecule has 4 heteroatoms. The monoisotopic (exact) mass is 255 g/mol. The number of morpholine rings is 1. The third-order valence-electron chi connectivity index (χ3n) is 4.55. The molecule has 0 bridgehead atoms. The first-order valence-electron chi connectivity index (χ1n) is 7.38. The fraction of sp³-hybridized carbons (Fsp3) is 1.00. The van der Waals surface area contributed by atoms with Gasteiger partial charge in [-0.3, -0.25) is 0 Å². The van der Waals surface area contributed by atoms with Crippen LogP contribution in [0.3, 0.4) is 0 Å². The Kier molecular flexibility index (Phi) is 5.42. The van der Waals surface area contributed by atoms with Crippen molar-refractivity contribution in [2.75, 3.05) is 46.9 Å². The van der Waals surface area contributed by atoms with Gasteiger partial charge in [0.05, 0.1) is 13.2 Å². The van der Waals surface area contributed by atoms with Gasteiger partial charge in [-0.05, 0) is 46.8 Å². The Labute approximate surface area is 112 Å². The summed E-state index contributed by atoms with van der Waals surface area (Å²) in [4.78, 5) is 5.02. The molecule has 3 unspecified atom stereocenters. The molecule has 2 rings (SSSR count). The minimum atomic E-state index is 0.539. The minimum absolute atomic E-state index is 0.539. The van der Waals surface area contributed by atoms with Gasteiger partial charge in [-0.15, -0.1) is 0 Å². The van der Waals surface area contributed by atoms with Crippen molar-refractivity contribution in [1.29, 1.82) is 0 Å². The third kappa shape index (κ3) is 3.92. The summed E-state index contributed by atoms with van der Waals surface area (Å²) >= 11 is 0. The Morgan fingerprint density at radius 3 is 2.94 bits per heavy atom. The molecule has 2 aliphatic heterocycles. The van der Waals surface area contributed by atoms with Crippen molar-refractivity contribution in [2.24, 2.45) is 0 Å². The summed E-state index contributed by atoms with van der Waals surface area (Å²) in [6.45, 7) is 7.56. The topological polar surface area (TPSA) is 27.7 Å². The lowest BCUT2D eigenvalue weighted by atomic mass is 10.1. The van der Waals surface area contributed by atoms with Crippen LogP contribution in [0, 0.1) is 0 Å². The number of nitrogens with zero attached hydrogens (tertiary/aromatic N) is 2. The molecule has 0 aromatic carbocycles. The van der Waals surface area contributed by atoms with Crippen LogP contribution < -0.4 is 5.32 Å². The van der Waals surface area contributed by atoms with Gasteiger partial charge in [0.1, 0.15) is 0 Å². The van der Waals surface area contributed by atoms with Crippen LogP contribution >= 0.6 is 0 Å². The number of likely N-dealkylation sites (tertiary alicyclic amines) is 1. The van der Waals surface area contributed by atoms with E-state index in [4.69, 9.17) is 4.74 Å². The fourth-order valence-electron chi connectivity index (χ4n) is 3.09. The number of nitrogens with one attached hydrogen (secondary N) is 1. The van der Waals surface area contributed by atoms with Crippen molar-refractivity contribution in [3.8, 4) is 0 Å². The summed E-state index contributed by atoms with van der Waals surface area (Å²) in [7, 11) is 4.52. The van der Waals surface area contributed by atoms with Gasteiger partial charge in [0, 0.05) is 31.2 Å². The molecule has 0 aromatic heterocycles. The molecular formula is C14H29N3O. The first-order chi connectivity index (χ1) is 8.66. The van der Waals surface area contributed by atoms with Gasteiger partial charge in [-0.25, -0.2) is 0 Å². The zero-order valence-electron chi connectivity index (χ0n) is 12.2. The van der Waals surface area contributed by atoms with E-state index in [-0.39, 0.29) is 0 Å². The number of rotatable bonds is 5. The summed E-state index contributed by atoms with van der Waals surface area (Å²) in [6.07, 6.45) is 3.91. The van der Waals surface area contributed by atoms with Crippen molar-refractivity contribution >= 4 is 0 Å². The highest BCUT2D eigenvalue weighted by Gasteiger charge is 2.25. The highest BCUT2D eigenvalue weighted by molar-refractivity contribution is 4.82. The van der Waals surface area contributed by atoms with Gasteiger partial charge in [0.25, 0.3) is 0 Å². The van der Waals surface area contributed by atoms with Crippen LogP contribution in [0.15, 0.2) is 0 Å².